The standard InChI is InChI=1S/C10H13NO.ClH/c11-1-9-3-6-4(9)8-5(9)7(3)10(6,8)2-12;/h3-8,12H,1-2,11H2;1H. The highest BCUT2D eigenvalue weighted by molar-refractivity contribution is 5.85. The second-order valence-corrected chi connectivity index (χ2v) is 5.74. The molecule has 2 nitrogen and oxygen atoms in total. The van der Waals surface area contributed by atoms with Crippen LogP contribution in [-0.2, 0) is 0 Å². The fourth-order valence-electron chi connectivity index (χ4n) is 6.70. The summed E-state index contributed by atoms with van der Waals surface area (Å²) in [5.41, 5.74) is 6.98. The van der Waals surface area contributed by atoms with E-state index in [4.69, 9.17) is 5.73 Å². The largest absolute Gasteiger partial charge is 0.396 e. The van der Waals surface area contributed by atoms with E-state index >= 15 is 0 Å². The predicted octanol–water partition coefficient (Wildman–Crippen LogP) is 0.0972. The molecular formula is C10H14ClNO. The molecule has 6 saturated carbocycles. The Morgan fingerprint density at radius 3 is 1.62 bits per heavy atom. The molecule has 0 radical (unpaired) electrons. The van der Waals surface area contributed by atoms with Gasteiger partial charge in [-0.3, -0.25) is 0 Å². The second-order valence-electron chi connectivity index (χ2n) is 5.74. The summed E-state index contributed by atoms with van der Waals surface area (Å²) in [6.07, 6.45) is 0. The molecule has 13 heavy (non-hydrogen) atoms. The molecule has 3 heteroatoms. The molecule has 0 saturated heterocycles. The summed E-state index contributed by atoms with van der Waals surface area (Å²) >= 11 is 0. The molecule has 0 atom stereocenters. The van der Waals surface area contributed by atoms with Crippen LogP contribution in [0.15, 0.2) is 0 Å². The Labute approximate surface area is 83.3 Å². The molecule has 0 aromatic carbocycles. The van der Waals surface area contributed by atoms with E-state index in [1.165, 1.54) is 0 Å². The lowest BCUT2D eigenvalue weighted by molar-refractivity contribution is -0.657. The maximum Gasteiger partial charge on any atom is 0.0496 e. The Kier molecular flexibility index (Phi) is 0.853. The Hall–Kier alpha value is 0.210. The Balaban J connectivity index is 0.000000512. The van der Waals surface area contributed by atoms with Crippen molar-refractivity contribution in [3.8, 4) is 0 Å². The molecule has 0 aromatic heterocycles. The van der Waals surface area contributed by atoms with Crippen molar-refractivity contribution in [3.63, 3.8) is 0 Å². The van der Waals surface area contributed by atoms with Crippen molar-refractivity contribution < 1.29 is 5.11 Å². The predicted molar refractivity (Wildman–Crippen MR) is 49.2 cm³/mol. The van der Waals surface area contributed by atoms with Crippen LogP contribution in [0.1, 0.15) is 0 Å². The summed E-state index contributed by atoms with van der Waals surface area (Å²) < 4.78 is 0. The monoisotopic (exact) mass is 199 g/mol. The van der Waals surface area contributed by atoms with Crippen molar-refractivity contribution in [2.45, 2.75) is 0 Å². The van der Waals surface area contributed by atoms with Crippen molar-refractivity contribution in [1.82, 2.24) is 0 Å². The van der Waals surface area contributed by atoms with Gasteiger partial charge in [-0.05, 0) is 47.5 Å². The molecule has 3 N–H and O–H groups in total. The molecular weight excluding hydrogens is 186 g/mol. The fraction of sp³-hybridized carbons (Fsp3) is 1.00. The molecule has 0 heterocycles. The molecule has 0 unspecified atom stereocenters. The van der Waals surface area contributed by atoms with Crippen LogP contribution in [-0.4, -0.2) is 18.3 Å². The molecule has 0 aliphatic heterocycles. The lowest BCUT2D eigenvalue weighted by atomic mass is 8.92. The highest BCUT2D eigenvalue weighted by Gasteiger charge is 3.08. The maximum absolute atomic E-state index is 9.34. The van der Waals surface area contributed by atoms with Crippen molar-refractivity contribution >= 4 is 12.4 Å². The number of nitrogens with two attached hydrogens (primary N) is 1. The van der Waals surface area contributed by atoms with Gasteiger partial charge in [-0.15, -0.1) is 12.4 Å². The van der Waals surface area contributed by atoms with E-state index in [1.807, 2.05) is 0 Å². The van der Waals surface area contributed by atoms with Gasteiger partial charge in [-0.25, -0.2) is 0 Å². The average molecular weight is 200 g/mol. The van der Waals surface area contributed by atoms with Crippen LogP contribution in [0.4, 0.5) is 0 Å². The summed E-state index contributed by atoms with van der Waals surface area (Å²) in [4.78, 5) is 0. The van der Waals surface area contributed by atoms with Gasteiger partial charge < -0.3 is 10.8 Å². The maximum atomic E-state index is 9.34. The first-order valence-corrected chi connectivity index (χ1v) is 5.16. The summed E-state index contributed by atoms with van der Waals surface area (Å²) in [6, 6.07) is 0. The second kappa shape index (κ2) is 1.48. The first-order chi connectivity index (χ1) is 5.85. The number of hydrogen-bond donors (Lipinski definition) is 2. The van der Waals surface area contributed by atoms with Gasteiger partial charge in [-0.1, -0.05) is 0 Å². The zero-order valence-corrected chi connectivity index (χ0v) is 8.13. The minimum Gasteiger partial charge on any atom is -0.396 e. The van der Waals surface area contributed by atoms with Crippen LogP contribution in [0.2, 0.25) is 0 Å². The van der Waals surface area contributed by atoms with Crippen LogP contribution >= 0.6 is 12.4 Å². The molecule has 6 aliphatic rings. The summed E-state index contributed by atoms with van der Waals surface area (Å²) in [7, 11) is 0. The molecule has 6 rings (SSSR count). The van der Waals surface area contributed by atoms with Gasteiger partial charge in [-0.2, -0.15) is 0 Å². The molecule has 6 aliphatic carbocycles. The number of aliphatic hydroxyl groups is 1. The molecule has 0 aromatic rings. The van der Waals surface area contributed by atoms with Gasteiger partial charge in [0.2, 0.25) is 0 Å². The normalized spacial score (nSPS) is 81.7. The number of hydrogen-bond acceptors (Lipinski definition) is 2. The molecule has 0 bridgehead atoms. The molecule has 6 fully saturated rings. The summed E-state index contributed by atoms with van der Waals surface area (Å²) in [6.45, 7) is 1.43. The lowest BCUT2D eigenvalue weighted by Crippen LogP contribution is -3.11. The van der Waals surface area contributed by atoms with E-state index < -0.39 is 0 Å². The highest BCUT2D eigenvalue weighted by atomic mass is 35.5. The summed E-state index contributed by atoms with van der Waals surface area (Å²) in [5, 5.41) is 9.34. The van der Waals surface area contributed by atoms with E-state index in [0.29, 0.717) is 17.4 Å². The first kappa shape index (κ1) is 7.49. The van der Waals surface area contributed by atoms with Crippen LogP contribution < -0.4 is 5.73 Å². The smallest absolute Gasteiger partial charge is 0.0496 e. The van der Waals surface area contributed by atoms with E-state index in [2.05, 4.69) is 0 Å². The zero-order chi connectivity index (χ0) is 7.88. The van der Waals surface area contributed by atoms with Gasteiger partial charge in [0.05, 0.1) is 0 Å². The Morgan fingerprint density at radius 2 is 1.31 bits per heavy atom. The number of halogens is 1. The minimum atomic E-state index is 0. The van der Waals surface area contributed by atoms with Gasteiger partial charge in [0.15, 0.2) is 0 Å². The van der Waals surface area contributed by atoms with Gasteiger partial charge in [0, 0.05) is 12.0 Å². The minimum absolute atomic E-state index is 0. The molecule has 0 amide bonds. The van der Waals surface area contributed by atoms with Gasteiger partial charge in [0.1, 0.15) is 0 Å². The van der Waals surface area contributed by atoms with Gasteiger partial charge in [0.25, 0.3) is 0 Å². The number of aliphatic hydroxyl groups excluding tert-OH is 1. The zero-order valence-electron chi connectivity index (χ0n) is 7.31. The van der Waals surface area contributed by atoms with E-state index in [0.717, 1.165) is 42.1 Å². The topological polar surface area (TPSA) is 46.2 Å². The van der Waals surface area contributed by atoms with E-state index in [9.17, 15) is 5.11 Å². The third-order valence-electron chi connectivity index (χ3n) is 6.67. The SMILES string of the molecule is Cl.NCC12C3C4C1C1C2C3C41CO. The van der Waals surface area contributed by atoms with Crippen molar-refractivity contribution in [1.29, 1.82) is 0 Å². The summed E-state index contributed by atoms with van der Waals surface area (Å²) in [5.74, 6) is 5.75. The van der Waals surface area contributed by atoms with Gasteiger partial charge >= 0.3 is 0 Å². The number of rotatable bonds is 2. The van der Waals surface area contributed by atoms with Crippen LogP contribution in [0, 0.1) is 46.3 Å². The van der Waals surface area contributed by atoms with Crippen molar-refractivity contribution in [3.05, 3.63) is 0 Å². The van der Waals surface area contributed by atoms with Crippen molar-refractivity contribution in [2.75, 3.05) is 13.2 Å². The van der Waals surface area contributed by atoms with Crippen LogP contribution in [0.3, 0.4) is 0 Å². The molecule has 72 valence electrons. The first-order valence-electron chi connectivity index (χ1n) is 5.16. The fourth-order valence-corrected chi connectivity index (χ4v) is 6.70. The Bertz CT molecular complexity index is 243. The molecule has 0 spiro atoms. The average Bonchev–Trinajstić information content (AvgIpc) is 2.17. The van der Waals surface area contributed by atoms with E-state index in [-0.39, 0.29) is 12.4 Å². The quantitative estimate of drug-likeness (QED) is 0.663. The third kappa shape index (κ3) is 0.290. The highest BCUT2D eigenvalue weighted by Crippen LogP contribution is 3.09. The van der Waals surface area contributed by atoms with E-state index in [1.54, 1.807) is 0 Å². The van der Waals surface area contributed by atoms with Crippen LogP contribution in [0.25, 0.3) is 0 Å². The Morgan fingerprint density at radius 1 is 0.923 bits per heavy atom. The lowest BCUT2D eigenvalue weighted by Gasteiger charge is -3.11. The third-order valence-corrected chi connectivity index (χ3v) is 6.67. The van der Waals surface area contributed by atoms with Crippen LogP contribution in [0.5, 0.6) is 0 Å². The van der Waals surface area contributed by atoms with Crippen molar-refractivity contribution in [2.24, 2.45) is 52.1 Å².